The molecule has 31 heavy (non-hydrogen) atoms. The minimum atomic E-state index is -0.927. The summed E-state index contributed by atoms with van der Waals surface area (Å²) in [4.78, 5) is 23.0. The molecule has 4 rings (SSSR count). The first kappa shape index (κ1) is 21.8. The molecule has 11 heteroatoms. The third kappa shape index (κ3) is 4.63. The standard InChI is InChI=1S/C20H30N8O2S/c1-4-31(30)28-13-6-5-7-14(28)10-15(9-13)27(3)20-22-16(19(21)29)11-17(24-20)23-18-8-12(2)25-26-18/h8,11,13-15H,4-7,9-10H2,1-3H3,(H2,21,29)(H2,22,23,24,25,26)/t13-,14+,15-,31?. The molecule has 2 aromatic heterocycles. The van der Waals surface area contributed by atoms with Crippen molar-refractivity contribution in [3.8, 4) is 0 Å². The second-order valence-electron chi connectivity index (χ2n) is 8.31. The number of carbonyl (C=O) groups excluding carboxylic acids is 1. The van der Waals surface area contributed by atoms with Crippen LogP contribution in [0.5, 0.6) is 0 Å². The highest BCUT2D eigenvalue weighted by Crippen LogP contribution is 2.38. The minimum Gasteiger partial charge on any atom is -0.598 e. The summed E-state index contributed by atoms with van der Waals surface area (Å²) in [6.07, 6.45) is 5.07. The fourth-order valence-electron chi connectivity index (χ4n) is 4.67. The van der Waals surface area contributed by atoms with E-state index < -0.39 is 17.3 Å². The SMILES string of the molecule is CC[S+]([O-])N1[C@@H]2CCC[C@H]1C[C@H](N(C)c1nc(Nc3cc(C)[nH]n3)cc(C(N)=O)n1)C2. The van der Waals surface area contributed by atoms with E-state index in [-0.39, 0.29) is 11.7 Å². The monoisotopic (exact) mass is 446 g/mol. The molecule has 0 aliphatic carbocycles. The number of aromatic nitrogens is 4. The first-order valence-electron chi connectivity index (χ1n) is 10.7. The van der Waals surface area contributed by atoms with Gasteiger partial charge in [0.15, 0.2) is 5.82 Å². The van der Waals surface area contributed by atoms with Crippen LogP contribution in [-0.2, 0) is 11.4 Å². The van der Waals surface area contributed by atoms with Crippen LogP contribution in [-0.4, -0.2) is 65.9 Å². The molecule has 2 bridgehead atoms. The highest BCUT2D eigenvalue weighted by atomic mass is 32.2. The van der Waals surface area contributed by atoms with Crippen LogP contribution in [0, 0.1) is 6.92 Å². The molecule has 2 fully saturated rings. The van der Waals surface area contributed by atoms with Gasteiger partial charge in [0.05, 0.1) is 12.1 Å². The molecule has 4 heterocycles. The Hall–Kier alpha value is -2.37. The number of anilines is 3. The van der Waals surface area contributed by atoms with Crippen LogP contribution < -0.4 is 16.0 Å². The summed E-state index contributed by atoms with van der Waals surface area (Å²) in [6.45, 7) is 3.88. The van der Waals surface area contributed by atoms with Crippen molar-refractivity contribution >= 4 is 34.9 Å². The predicted octanol–water partition coefficient (Wildman–Crippen LogP) is 1.86. The number of rotatable bonds is 7. The predicted molar refractivity (Wildman–Crippen MR) is 121 cm³/mol. The van der Waals surface area contributed by atoms with E-state index in [1.54, 1.807) is 0 Å². The largest absolute Gasteiger partial charge is 0.598 e. The third-order valence-corrected chi connectivity index (χ3v) is 7.72. The molecule has 10 nitrogen and oxygen atoms in total. The third-order valence-electron chi connectivity index (χ3n) is 6.16. The number of nitrogens with one attached hydrogen (secondary N) is 2. The Morgan fingerprint density at radius 3 is 2.61 bits per heavy atom. The van der Waals surface area contributed by atoms with Gasteiger partial charge >= 0.3 is 0 Å². The van der Waals surface area contributed by atoms with Crippen LogP contribution >= 0.6 is 0 Å². The van der Waals surface area contributed by atoms with E-state index in [9.17, 15) is 9.35 Å². The number of nitrogens with zero attached hydrogens (tertiary/aromatic N) is 5. The number of nitrogens with two attached hydrogens (primary N) is 1. The van der Waals surface area contributed by atoms with Crippen molar-refractivity contribution in [1.82, 2.24) is 24.5 Å². The van der Waals surface area contributed by atoms with Crippen LogP contribution in [0.2, 0.25) is 0 Å². The van der Waals surface area contributed by atoms with Crippen LogP contribution in [0.3, 0.4) is 0 Å². The average Bonchev–Trinajstić information content (AvgIpc) is 3.15. The van der Waals surface area contributed by atoms with Gasteiger partial charge in [0.2, 0.25) is 5.95 Å². The summed E-state index contributed by atoms with van der Waals surface area (Å²) in [5.74, 6) is 1.55. The molecular weight excluding hydrogens is 416 g/mol. The van der Waals surface area contributed by atoms with Crippen LogP contribution in [0.25, 0.3) is 0 Å². The second kappa shape index (κ2) is 9.01. The lowest BCUT2D eigenvalue weighted by atomic mass is 9.83. The van der Waals surface area contributed by atoms with Crippen molar-refractivity contribution < 1.29 is 9.35 Å². The van der Waals surface area contributed by atoms with Crippen LogP contribution in [0.15, 0.2) is 12.1 Å². The smallest absolute Gasteiger partial charge is 0.267 e. The zero-order valence-electron chi connectivity index (χ0n) is 18.2. The van der Waals surface area contributed by atoms with E-state index >= 15 is 0 Å². The van der Waals surface area contributed by atoms with Gasteiger partial charge in [-0.1, -0.05) is 0 Å². The van der Waals surface area contributed by atoms with Crippen molar-refractivity contribution in [2.24, 2.45) is 5.73 Å². The molecule has 4 N–H and O–H groups in total. The van der Waals surface area contributed by atoms with Gasteiger partial charge in [-0.3, -0.25) is 9.89 Å². The molecule has 0 aromatic carbocycles. The number of carbonyl (C=O) groups is 1. The summed E-state index contributed by atoms with van der Waals surface area (Å²) in [6, 6.07) is 4.17. The Labute approximate surface area is 185 Å². The molecular formula is C20H30N8O2S. The number of primary amides is 1. The zero-order valence-corrected chi connectivity index (χ0v) is 19.0. The van der Waals surface area contributed by atoms with E-state index in [1.165, 1.54) is 12.5 Å². The lowest BCUT2D eigenvalue weighted by Crippen LogP contribution is -2.58. The number of H-pyrrole nitrogens is 1. The van der Waals surface area contributed by atoms with Gasteiger partial charge in [-0.05, 0) is 46.0 Å². The lowest BCUT2D eigenvalue weighted by Gasteiger charge is -2.48. The molecule has 0 spiro atoms. The lowest BCUT2D eigenvalue weighted by molar-refractivity contribution is 0.0994. The number of aryl methyl sites for hydroxylation is 1. The van der Waals surface area contributed by atoms with E-state index in [0.717, 1.165) is 31.4 Å². The van der Waals surface area contributed by atoms with E-state index in [0.29, 0.717) is 35.4 Å². The molecule has 2 saturated heterocycles. The maximum atomic E-state index is 12.6. The van der Waals surface area contributed by atoms with Crippen molar-refractivity contribution in [3.63, 3.8) is 0 Å². The molecule has 2 aromatic rings. The summed E-state index contributed by atoms with van der Waals surface area (Å²) < 4.78 is 14.8. The van der Waals surface area contributed by atoms with Crippen molar-refractivity contribution in [2.75, 3.05) is 23.0 Å². The molecule has 4 atom stereocenters. The van der Waals surface area contributed by atoms with Gasteiger partial charge in [0, 0.05) is 42.3 Å². The number of fused-ring (bicyclic) bond motifs is 2. The zero-order chi connectivity index (χ0) is 22.1. The van der Waals surface area contributed by atoms with Gasteiger partial charge in [-0.15, -0.1) is 4.31 Å². The summed E-state index contributed by atoms with van der Waals surface area (Å²) >= 11 is -0.927. The van der Waals surface area contributed by atoms with Gasteiger partial charge in [0.1, 0.15) is 17.3 Å². The van der Waals surface area contributed by atoms with Gasteiger partial charge in [-0.2, -0.15) is 10.1 Å². The van der Waals surface area contributed by atoms with Crippen LogP contribution in [0.4, 0.5) is 17.6 Å². The fourth-order valence-corrected chi connectivity index (χ4v) is 6.01. The maximum absolute atomic E-state index is 12.6. The van der Waals surface area contributed by atoms with Crippen molar-refractivity contribution in [2.45, 2.75) is 64.1 Å². The normalized spacial score (nSPS) is 24.6. The van der Waals surface area contributed by atoms with Gasteiger partial charge in [-0.25, -0.2) is 4.98 Å². The molecule has 1 unspecified atom stereocenters. The first-order valence-corrected chi connectivity index (χ1v) is 12.0. The molecule has 168 valence electrons. The topological polar surface area (TPSA) is 139 Å². The Morgan fingerprint density at radius 2 is 2.03 bits per heavy atom. The average molecular weight is 447 g/mol. The second-order valence-corrected chi connectivity index (χ2v) is 9.95. The van der Waals surface area contributed by atoms with Gasteiger partial charge < -0.3 is 20.5 Å². The Morgan fingerprint density at radius 1 is 1.32 bits per heavy atom. The maximum Gasteiger partial charge on any atom is 0.267 e. The van der Waals surface area contributed by atoms with Crippen molar-refractivity contribution in [3.05, 3.63) is 23.5 Å². The number of amides is 1. The Kier molecular flexibility index (Phi) is 6.35. The fraction of sp³-hybridized carbons (Fsp3) is 0.600. The molecule has 2 aliphatic heterocycles. The molecule has 2 aliphatic rings. The highest BCUT2D eigenvalue weighted by Gasteiger charge is 2.45. The number of hydrogen-bond donors (Lipinski definition) is 3. The van der Waals surface area contributed by atoms with Gasteiger partial charge in [0.25, 0.3) is 5.91 Å². The highest BCUT2D eigenvalue weighted by molar-refractivity contribution is 7.89. The number of piperidine rings is 2. The quantitative estimate of drug-likeness (QED) is 0.548. The number of hydrogen-bond acceptors (Lipinski definition) is 8. The van der Waals surface area contributed by atoms with Crippen LogP contribution in [0.1, 0.15) is 55.2 Å². The number of aromatic amines is 1. The summed E-state index contributed by atoms with van der Waals surface area (Å²) in [5.41, 5.74) is 6.59. The molecule has 0 radical (unpaired) electrons. The minimum absolute atomic E-state index is 0.149. The molecule has 0 saturated carbocycles. The molecule has 1 amide bonds. The van der Waals surface area contributed by atoms with E-state index in [1.807, 2.05) is 31.9 Å². The first-order chi connectivity index (χ1) is 14.9. The summed E-state index contributed by atoms with van der Waals surface area (Å²) in [7, 11) is 1.95. The Balaban J connectivity index is 1.57. The van der Waals surface area contributed by atoms with Crippen molar-refractivity contribution in [1.29, 1.82) is 0 Å². The van der Waals surface area contributed by atoms with E-state index in [4.69, 9.17) is 5.73 Å². The summed E-state index contributed by atoms with van der Waals surface area (Å²) in [5, 5.41) is 10.1. The van der Waals surface area contributed by atoms with E-state index in [2.05, 4.69) is 29.8 Å². The Bertz CT molecular complexity index is 924.